The van der Waals surface area contributed by atoms with Gasteiger partial charge in [0.25, 0.3) is 0 Å². The van der Waals surface area contributed by atoms with Crippen LogP contribution in [0.3, 0.4) is 0 Å². The summed E-state index contributed by atoms with van der Waals surface area (Å²) in [5.74, 6) is 0. The third kappa shape index (κ3) is 7.35. The van der Waals surface area contributed by atoms with Gasteiger partial charge < -0.3 is 9.13 Å². The summed E-state index contributed by atoms with van der Waals surface area (Å²) in [4.78, 5) is 0.689. The Hall–Kier alpha value is -5.70. The quantitative estimate of drug-likeness (QED) is 0.157. The highest BCUT2D eigenvalue weighted by atomic mass is 32.2. The number of hydrogen-bond acceptors (Lipinski definition) is 4. The molecule has 8 heteroatoms. The Balaban J connectivity index is 0.000000162. The monoisotopic (exact) mass is 722 g/mol. The van der Waals surface area contributed by atoms with Gasteiger partial charge in [0.05, 0.1) is 9.79 Å². The van der Waals surface area contributed by atoms with E-state index in [1.165, 1.54) is 56.1 Å². The molecule has 0 atom stereocenters. The summed E-state index contributed by atoms with van der Waals surface area (Å²) < 4.78 is 50.8. The Bertz CT molecular complexity index is 2520. The average Bonchev–Trinajstić information content (AvgIpc) is 3.64. The summed E-state index contributed by atoms with van der Waals surface area (Å²) in [6.07, 6.45) is 10.7. The summed E-state index contributed by atoms with van der Waals surface area (Å²) in [5, 5.41) is 5.03. The van der Waals surface area contributed by atoms with Crippen LogP contribution in [-0.4, -0.2) is 38.5 Å². The smallest absolute Gasteiger partial charge is 0.175 e. The number of nitrogens with zero attached hydrogens (tertiary/aromatic N) is 2. The lowest BCUT2D eigenvalue weighted by atomic mass is 10.2. The van der Waals surface area contributed by atoms with Gasteiger partial charge in [-0.25, -0.2) is 16.8 Å². The summed E-state index contributed by atoms with van der Waals surface area (Å²) in [6.45, 7) is 1.50. The van der Waals surface area contributed by atoms with Crippen LogP contribution in [0.4, 0.5) is 0 Å². The molecule has 0 saturated heterocycles. The van der Waals surface area contributed by atoms with Crippen LogP contribution in [0.2, 0.25) is 0 Å². The minimum absolute atomic E-state index is 0.344. The molecule has 0 aliphatic rings. The van der Waals surface area contributed by atoms with E-state index in [9.17, 15) is 16.8 Å². The summed E-state index contributed by atoms with van der Waals surface area (Å²) >= 11 is 0. The van der Waals surface area contributed by atoms with Crippen molar-refractivity contribution < 1.29 is 16.8 Å². The lowest BCUT2D eigenvalue weighted by molar-refractivity contribution is 0.600. The molecule has 0 fully saturated rings. The van der Waals surface area contributed by atoms with Crippen LogP contribution in [0.25, 0.3) is 55.8 Å². The van der Waals surface area contributed by atoms with E-state index in [0.717, 1.165) is 24.2 Å². The van der Waals surface area contributed by atoms with Crippen LogP contribution >= 0.6 is 0 Å². The van der Waals surface area contributed by atoms with Gasteiger partial charge in [-0.3, -0.25) is 0 Å². The molecule has 2 aromatic heterocycles. The fourth-order valence-corrected chi connectivity index (χ4v) is 7.90. The molecule has 8 rings (SSSR count). The summed E-state index contributed by atoms with van der Waals surface area (Å²) in [5.41, 5.74) is 6.82. The van der Waals surface area contributed by atoms with Gasteiger partial charge in [0, 0.05) is 69.2 Å². The highest BCUT2D eigenvalue weighted by Crippen LogP contribution is 2.30. The van der Waals surface area contributed by atoms with Crippen molar-refractivity contribution in [1.82, 2.24) is 9.13 Å². The molecule has 0 spiro atoms. The van der Waals surface area contributed by atoms with Crippen LogP contribution in [-0.2, 0) is 32.8 Å². The van der Waals surface area contributed by atoms with E-state index in [4.69, 9.17) is 0 Å². The van der Waals surface area contributed by atoms with Crippen LogP contribution in [0.5, 0.6) is 0 Å². The molecule has 8 aromatic rings. The van der Waals surface area contributed by atoms with E-state index in [1.54, 1.807) is 24.3 Å². The number of para-hydroxylation sites is 4. The standard InChI is InChI=1S/2C22H19NO2S/c2*1-26(24,25)18-14-12-17(13-15-18)7-6-16-23-21-10-4-2-8-19(21)20-9-3-5-11-22(20)23/h2*2-15H,16H2,1H3/b7-6+;7-6-. The molecule has 0 unspecified atom stereocenters. The third-order valence-electron chi connectivity index (χ3n) is 9.17. The van der Waals surface area contributed by atoms with Crippen molar-refractivity contribution >= 4 is 75.4 Å². The number of allylic oxidation sites excluding steroid dienone is 2. The molecule has 6 nitrogen and oxygen atoms in total. The Morgan fingerprint density at radius 1 is 0.404 bits per heavy atom. The average molecular weight is 723 g/mol. The van der Waals surface area contributed by atoms with E-state index in [-0.39, 0.29) is 0 Å². The number of rotatable bonds is 8. The van der Waals surface area contributed by atoms with Crippen molar-refractivity contribution in [3.05, 3.63) is 169 Å². The predicted octanol–water partition coefficient (Wildman–Crippen LogP) is 9.82. The lowest BCUT2D eigenvalue weighted by Crippen LogP contribution is -1.96. The van der Waals surface area contributed by atoms with E-state index in [1.807, 2.05) is 36.4 Å². The number of fused-ring (bicyclic) bond motifs is 6. The summed E-state index contributed by atoms with van der Waals surface area (Å²) in [7, 11) is -6.30. The van der Waals surface area contributed by atoms with Gasteiger partial charge in [-0.15, -0.1) is 0 Å². The molecule has 260 valence electrons. The van der Waals surface area contributed by atoms with Crippen molar-refractivity contribution in [2.24, 2.45) is 0 Å². The molecule has 0 aliphatic carbocycles. The van der Waals surface area contributed by atoms with Gasteiger partial charge in [0.15, 0.2) is 19.7 Å². The van der Waals surface area contributed by atoms with Crippen LogP contribution in [0.1, 0.15) is 11.1 Å². The van der Waals surface area contributed by atoms with Crippen molar-refractivity contribution in [2.75, 3.05) is 12.5 Å². The maximum Gasteiger partial charge on any atom is 0.175 e. The first-order chi connectivity index (χ1) is 25.1. The van der Waals surface area contributed by atoms with Crippen molar-refractivity contribution in [1.29, 1.82) is 0 Å². The summed E-state index contributed by atoms with van der Waals surface area (Å²) in [6, 6.07) is 47.6. The van der Waals surface area contributed by atoms with Crippen molar-refractivity contribution in [3.63, 3.8) is 0 Å². The normalized spacial score (nSPS) is 12.3. The third-order valence-corrected chi connectivity index (χ3v) is 11.4. The number of aromatic nitrogens is 2. The first-order valence-corrected chi connectivity index (χ1v) is 20.7. The largest absolute Gasteiger partial charge is 0.337 e. The van der Waals surface area contributed by atoms with E-state index in [2.05, 4.69) is 118 Å². The van der Waals surface area contributed by atoms with Gasteiger partial charge >= 0.3 is 0 Å². The van der Waals surface area contributed by atoms with E-state index >= 15 is 0 Å². The topological polar surface area (TPSA) is 78.1 Å². The van der Waals surface area contributed by atoms with Crippen LogP contribution < -0.4 is 0 Å². The second-order valence-corrected chi connectivity index (χ2v) is 16.8. The van der Waals surface area contributed by atoms with Gasteiger partial charge in [0.1, 0.15) is 0 Å². The van der Waals surface area contributed by atoms with Crippen molar-refractivity contribution in [2.45, 2.75) is 22.9 Å². The fraction of sp³-hybridized carbons (Fsp3) is 0.0909. The Kier molecular flexibility index (Phi) is 9.69. The molecule has 0 saturated carbocycles. The number of hydrogen-bond donors (Lipinski definition) is 0. The van der Waals surface area contributed by atoms with E-state index in [0.29, 0.717) is 9.79 Å². The zero-order valence-electron chi connectivity index (χ0n) is 28.9. The second kappa shape index (κ2) is 14.5. The molecule has 52 heavy (non-hydrogen) atoms. The number of benzene rings is 6. The Morgan fingerprint density at radius 3 is 0.942 bits per heavy atom. The van der Waals surface area contributed by atoms with Crippen LogP contribution in [0, 0.1) is 0 Å². The number of sulfone groups is 2. The van der Waals surface area contributed by atoms with Gasteiger partial charge in [-0.2, -0.15) is 0 Å². The highest BCUT2D eigenvalue weighted by molar-refractivity contribution is 7.91. The molecule has 2 heterocycles. The molecular weight excluding hydrogens is 685 g/mol. The van der Waals surface area contributed by atoms with Gasteiger partial charge in [-0.1, -0.05) is 121 Å². The van der Waals surface area contributed by atoms with E-state index < -0.39 is 19.7 Å². The Morgan fingerprint density at radius 2 is 0.673 bits per heavy atom. The zero-order valence-corrected chi connectivity index (χ0v) is 30.6. The predicted molar refractivity (Wildman–Crippen MR) is 216 cm³/mol. The van der Waals surface area contributed by atoms with Crippen LogP contribution in [0.15, 0.2) is 168 Å². The molecule has 6 aromatic carbocycles. The Labute approximate surface area is 304 Å². The molecule has 0 aliphatic heterocycles. The molecule has 0 amide bonds. The maximum atomic E-state index is 11.5. The van der Waals surface area contributed by atoms with Gasteiger partial charge in [0.2, 0.25) is 0 Å². The minimum Gasteiger partial charge on any atom is -0.337 e. The molecular formula is C44H38N2O4S2. The maximum absolute atomic E-state index is 11.5. The SMILES string of the molecule is CS(=O)(=O)c1ccc(/C=C/Cn2c3ccccc3c3ccccc32)cc1.CS(=O)(=O)c1ccc(/C=C\Cn2c3ccccc3c3ccccc32)cc1. The van der Waals surface area contributed by atoms with Crippen molar-refractivity contribution in [3.8, 4) is 0 Å². The first-order valence-electron chi connectivity index (χ1n) is 16.9. The molecule has 0 bridgehead atoms. The fourth-order valence-electron chi connectivity index (χ4n) is 6.64. The first kappa shape index (κ1) is 34.7. The highest BCUT2D eigenvalue weighted by Gasteiger charge is 2.10. The molecule has 0 radical (unpaired) electrons. The van der Waals surface area contributed by atoms with Gasteiger partial charge in [-0.05, 0) is 59.7 Å². The lowest BCUT2D eigenvalue weighted by Gasteiger charge is -2.04. The minimum atomic E-state index is -3.15. The second-order valence-electron chi connectivity index (χ2n) is 12.8. The zero-order chi connectivity index (χ0) is 36.3. The molecule has 0 N–H and O–H groups in total.